The number of nitrogens with one attached hydrogen (secondary N) is 1. The molecule has 0 saturated carbocycles. The Balaban J connectivity index is 2.46. The lowest BCUT2D eigenvalue weighted by molar-refractivity contribution is 0.199. The lowest BCUT2D eigenvalue weighted by Crippen LogP contribution is -2.19. The Morgan fingerprint density at radius 2 is 2.29 bits per heavy atom. The van der Waals surface area contributed by atoms with Crippen LogP contribution in [0.2, 0.25) is 0 Å². The van der Waals surface area contributed by atoms with E-state index in [9.17, 15) is 0 Å². The van der Waals surface area contributed by atoms with Gasteiger partial charge in [-0.15, -0.1) is 11.8 Å². The SMILES string of the molecule is COCCNCc1cccnc1SCC(C)C. The summed E-state index contributed by atoms with van der Waals surface area (Å²) in [6, 6.07) is 4.13. The van der Waals surface area contributed by atoms with Crippen LogP contribution >= 0.6 is 11.8 Å². The van der Waals surface area contributed by atoms with Crippen LogP contribution in [-0.2, 0) is 11.3 Å². The largest absolute Gasteiger partial charge is 0.383 e. The van der Waals surface area contributed by atoms with E-state index in [4.69, 9.17) is 4.74 Å². The molecule has 1 aromatic rings. The molecule has 0 atom stereocenters. The fraction of sp³-hybridized carbons (Fsp3) is 0.615. The van der Waals surface area contributed by atoms with Gasteiger partial charge in [-0.1, -0.05) is 19.9 Å². The van der Waals surface area contributed by atoms with Crippen molar-refractivity contribution in [3.8, 4) is 0 Å². The van der Waals surface area contributed by atoms with Crippen LogP contribution in [0.3, 0.4) is 0 Å². The number of methoxy groups -OCH3 is 1. The van der Waals surface area contributed by atoms with E-state index in [2.05, 4.69) is 30.2 Å². The number of pyridine rings is 1. The monoisotopic (exact) mass is 254 g/mol. The fourth-order valence-electron chi connectivity index (χ4n) is 1.33. The van der Waals surface area contributed by atoms with Gasteiger partial charge < -0.3 is 10.1 Å². The molecule has 0 fully saturated rings. The zero-order valence-electron chi connectivity index (χ0n) is 10.9. The summed E-state index contributed by atoms with van der Waals surface area (Å²) < 4.78 is 5.01. The van der Waals surface area contributed by atoms with Crippen molar-refractivity contribution in [1.29, 1.82) is 0 Å². The zero-order chi connectivity index (χ0) is 12.5. The Kier molecular flexibility index (Phi) is 7.24. The summed E-state index contributed by atoms with van der Waals surface area (Å²) in [6.45, 7) is 6.94. The number of aromatic nitrogens is 1. The van der Waals surface area contributed by atoms with Crippen LogP contribution in [0.4, 0.5) is 0 Å². The highest BCUT2D eigenvalue weighted by molar-refractivity contribution is 7.99. The predicted molar refractivity (Wildman–Crippen MR) is 73.4 cm³/mol. The molecule has 1 rings (SSSR count). The molecular weight excluding hydrogens is 232 g/mol. The van der Waals surface area contributed by atoms with Crippen molar-refractivity contribution in [3.05, 3.63) is 23.9 Å². The molecule has 17 heavy (non-hydrogen) atoms. The lowest BCUT2D eigenvalue weighted by atomic mass is 10.3. The molecule has 0 amide bonds. The van der Waals surface area contributed by atoms with E-state index in [0.717, 1.165) is 30.5 Å². The maximum Gasteiger partial charge on any atom is 0.100 e. The van der Waals surface area contributed by atoms with Gasteiger partial charge in [0.05, 0.1) is 6.61 Å². The minimum Gasteiger partial charge on any atom is -0.383 e. The Hall–Kier alpha value is -0.580. The number of hydrogen-bond donors (Lipinski definition) is 1. The maximum atomic E-state index is 5.01. The van der Waals surface area contributed by atoms with Crippen molar-refractivity contribution in [1.82, 2.24) is 10.3 Å². The van der Waals surface area contributed by atoms with Crippen LogP contribution in [0.25, 0.3) is 0 Å². The first-order chi connectivity index (χ1) is 8.24. The van der Waals surface area contributed by atoms with Gasteiger partial charge in [0, 0.05) is 32.1 Å². The van der Waals surface area contributed by atoms with E-state index in [1.807, 2.05) is 24.0 Å². The summed E-state index contributed by atoms with van der Waals surface area (Å²) >= 11 is 1.84. The predicted octanol–water partition coefficient (Wildman–Crippen LogP) is 2.57. The Bertz CT molecular complexity index is 318. The van der Waals surface area contributed by atoms with Crippen LogP contribution in [0.5, 0.6) is 0 Å². The van der Waals surface area contributed by atoms with Gasteiger partial charge in [0.2, 0.25) is 0 Å². The molecule has 1 heterocycles. The van der Waals surface area contributed by atoms with E-state index < -0.39 is 0 Å². The number of hydrogen-bond acceptors (Lipinski definition) is 4. The van der Waals surface area contributed by atoms with E-state index in [-0.39, 0.29) is 0 Å². The summed E-state index contributed by atoms with van der Waals surface area (Å²) in [6.07, 6.45) is 1.86. The summed E-state index contributed by atoms with van der Waals surface area (Å²) in [5.41, 5.74) is 1.27. The Labute approximate surface area is 108 Å². The average Bonchev–Trinajstić information content (AvgIpc) is 2.33. The van der Waals surface area contributed by atoms with Crippen molar-refractivity contribution in [2.24, 2.45) is 5.92 Å². The molecule has 0 bridgehead atoms. The standard InChI is InChI=1S/C13H22N2OS/c1-11(2)10-17-13-12(5-4-6-15-13)9-14-7-8-16-3/h4-6,11,14H,7-10H2,1-3H3. The number of ether oxygens (including phenoxy) is 1. The third-order valence-corrected chi connectivity index (χ3v) is 3.68. The van der Waals surface area contributed by atoms with Gasteiger partial charge >= 0.3 is 0 Å². The molecule has 1 N–H and O–H groups in total. The van der Waals surface area contributed by atoms with Gasteiger partial charge in [0.1, 0.15) is 5.03 Å². The molecular formula is C13H22N2OS. The molecule has 0 aliphatic heterocycles. The van der Waals surface area contributed by atoms with Gasteiger partial charge in [0.25, 0.3) is 0 Å². The van der Waals surface area contributed by atoms with E-state index >= 15 is 0 Å². The third kappa shape index (κ3) is 6.05. The second kappa shape index (κ2) is 8.50. The summed E-state index contributed by atoms with van der Waals surface area (Å²) in [5.74, 6) is 1.80. The third-order valence-electron chi connectivity index (χ3n) is 2.20. The molecule has 0 radical (unpaired) electrons. The quantitative estimate of drug-likeness (QED) is 0.571. The average molecular weight is 254 g/mol. The van der Waals surface area contributed by atoms with Crippen molar-refractivity contribution in [3.63, 3.8) is 0 Å². The first-order valence-electron chi connectivity index (χ1n) is 6.00. The first kappa shape index (κ1) is 14.5. The van der Waals surface area contributed by atoms with Crippen LogP contribution in [0.15, 0.2) is 23.4 Å². The Morgan fingerprint density at radius 1 is 1.47 bits per heavy atom. The molecule has 1 aromatic heterocycles. The van der Waals surface area contributed by atoms with Crippen LogP contribution in [0, 0.1) is 5.92 Å². The minimum atomic E-state index is 0.691. The Morgan fingerprint density at radius 3 is 3.00 bits per heavy atom. The van der Waals surface area contributed by atoms with E-state index in [0.29, 0.717) is 5.92 Å². The van der Waals surface area contributed by atoms with Crippen molar-refractivity contribution < 1.29 is 4.74 Å². The number of thioether (sulfide) groups is 1. The van der Waals surface area contributed by atoms with E-state index in [1.54, 1.807) is 7.11 Å². The molecule has 3 nitrogen and oxygen atoms in total. The summed E-state index contributed by atoms with van der Waals surface area (Å²) in [4.78, 5) is 4.44. The normalized spacial score (nSPS) is 11.1. The molecule has 0 unspecified atom stereocenters. The summed E-state index contributed by atoms with van der Waals surface area (Å²) in [5, 5.41) is 4.50. The highest BCUT2D eigenvalue weighted by Gasteiger charge is 2.04. The van der Waals surface area contributed by atoms with Crippen LogP contribution in [-0.4, -0.2) is 31.0 Å². The topological polar surface area (TPSA) is 34.1 Å². The highest BCUT2D eigenvalue weighted by atomic mass is 32.2. The number of nitrogens with zero attached hydrogens (tertiary/aromatic N) is 1. The molecule has 0 aliphatic carbocycles. The molecule has 0 spiro atoms. The van der Waals surface area contributed by atoms with Crippen LogP contribution in [0.1, 0.15) is 19.4 Å². The lowest BCUT2D eigenvalue weighted by Gasteiger charge is -2.10. The van der Waals surface area contributed by atoms with Gasteiger partial charge in [-0.2, -0.15) is 0 Å². The number of rotatable bonds is 8. The van der Waals surface area contributed by atoms with Gasteiger partial charge in [-0.25, -0.2) is 4.98 Å². The molecule has 0 aliphatic rings. The molecule has 0 saturated heterocycles. The van der Waals surface area contributed by atoms with Crippen LogP contribution < -0.4 is 5.32 Å². The van der Waals surface area contributed by atoms with Crippen molar-refractivity contribution in [2.75, 3.05) is 26.0 Å². The summed E-state index contributed by atoms with van der Waals surface area (Å²) in [7, 11) is 1.72. The maximum absolute atomic E-state index is 5.01. The van der Waals surface area contributed by atoms with Crippen molar-refractivity contribution >= 4 is 11.8 Å². The van der Waals surface area contributed by atoms with Gasteiger partial charge in [-0.3, -0.25) is 0 Å². The molecule has 0 aromatic carbocycles. The first-order valence-corrected chi connectivity index (χ1v) is 6.99. The van der Waals surface area contributed by atoms with Crippen molar-refractivity contribution in [2.45, 2.75) is 25.4 Å². The zero-order valence-corrected chi connectivity index (χ0v) is 11.7. The molecule has 4 heteroatoms. The second-order valence-electron chi connectivity index (χ2n) is 4.34. The van der Waals surface area contributed by atoms with Gasteiger partial charge in [-0.05, 0) is 17.5 Å². The smallest absolute Gasteiger partial charge is 0.100 e. The van der Waals surface area contributed by atoms with Gasteiger partial charge in [0.15, 0.2) is 0 Å². The minimum absolute atomic E-state index is 0.691. The molecule has 96 valence electrons. The second-order valence-corrected chi connectivity index (χ2v) is 5.35. The fourth-order valence-corrected chi connectivity index (χ4v) is 2.28. The highest BCUT2D eigenvalue weighted by Crippen LogP contribution is 2.21. The van der Waals surface area contributed by atoms with E-state index in [1.165, 1.54) is 5.56 Å².